The molecule has 1 amide bonds. The third-order valence-electron chi connectivity index (χ3n) is 6.20. The molecule has 0 aromatic heterocycles. The van der Waals surface area contributed by atoms with E-state index in [-0.39, 0.29) is 11.9 Å². The molecule has 26 heavy (non-hydrogen) atoms. The second-order valence-corrected chi connectivity index (χ2v) is 8.56. The summed E-state index contributed by atoms with van der Waals surface area (Å²) in [6.45, 7) is 3.61. The molecule has 1 saturated heterocycles. The first kappa shape index (κ1) is 19.8. The van der Waals surface area contributed by atoms with Crippen LogP contribution in [0.3, 0.4) is 0 Å². The van der Waals surface area contributed by atoms with Crippen molar-refractivity contribution in [3.8, 4) is 0 Å². The van der Waals surface area contributed by atoms with Crippen LogP contribution in [0.2, 0.25) is 0 Å². The topological polar surface area (TPSA) is 32.3 Å². The molecule has 0 spiro atoms. The van der Waals surface area contributed by atoms with E-state index in [0.717, 1.165) is 31.2 Å². The summed E-state index contributed by atoms with van der Waals surface area (Å²) in [5.41, 5.74) is 1.30. The fourth-order valence-corrected chi connectivity index (χ4v) is 4.95. The van der Waals surface area contributed by atoms with Gasteiger partial charge in [0, 0.05) is 25.6 Å². The van der Waals surface area contributed by atoms with Crippen molar-refractivity contribution in [2.24, 2.45) is 11.8 Å². The maximum atomic E-state index is 12.1. The smallest absolute Gasteiger partial charge is 0.221 e. The zero-order chi connectivity index (χ0) is 18.2. The molecule has 0 bridgehead atoms. The van der Waals surface area contributed by atoms with Crippen molar-refractivity contribution in [3.63, 3.8) is 0 Å². The Hall–Kier alpha value is -1.00. The molecule has 0 radical (unpaired) electrons. The van der Waals surface area contributed by atoms with E-state index in [9.17, 15) is 4.79 Å². The van der Waals surface area contributed by atoms with Crippen molar-refractivity contribution in [3.05, 3.63) is 35.9 Å². The molecule has 3 atom stereocenters. The van der Waals surface area contributed by atoms with Gasteiger partial charge in [-0.2, -0.15) is 12.6 Å². The van der Waals surface area contributed by atoms with E-state index in [4.69, 9.17) is 0 Å². The lowest BCUT2D eigenvalue weighted by Gasteiger charge is -2.41. The van der Waals surface area contributed by atoms with Gasteiger partial charge in [0.05, 0.1) is 0 Å². The molecule has 2 aliphatic rings. The van der Waals surface area contributed by atoms with Gasteiger partial charge in [-0.25, -0.2) is 0 Å². The normalized spacial score (nSPS) is 24.7. The zero-order valence-electron chi connectivity index (χ0n) is 15.9. The lowest BCUT2D eigenvalue weighted by Crippen LogP contribution is -2.44. The van der Waals surface area contributed by atoms with Crippen molar-refractivity contribution >= 4 is 18.5 Å². The standard InChI is InChI=1S/C22H34N2OS/c25-22(12-15-26)23-21(16-18-6-2-1-3-7-18)11-14-24-13-10-19-8-4-5-9-20(19)17-24/h1-3,6-7,19-21,26H,4-5,8-17H2,(H,23,25)/t19-,20+,21+/m0/s1. The molecule has 1 aromatic rings. The molecule has 1 aliphatic heterocycles. The van der Waals surface area contributed by atoms with E-state index < -0.39 is 0 Å². The molecule has 2 fully saturated rings. The van der Waals surface area contributed by atoms with Gasteiger partial charge in [-0.3, -0.25) is 4.79 Å². The Kier molecular flexibility index (Phi) is 7.87. The number of carbonyl (C=O) groups excluding carboxylic acids is 1. The number of thiol groups is 1. The van der Waals surface area contributed by atoms with Gasteiger partial charge in [0.15, 0.2) is 0 Å². The highest BCUT2D eigenvalue weighted by Gasteiger charge is 2.31. The molecule has 1 saturated carbocycles. The van der Waals surface area contributed by atoms with E-state index >= 15 is 0 Å². The van der Waals surface area contributed by atoms with Crippen molar-refractivity contribution in [1.82, 2.24) is 10.2 Å². The number of nitrogens with one attached hydrogen (secondary N) is 1. The van der Waals surface area contributed by atoms with E-state index in [0.29, 0.717) is 12.2 Å². The molecule has 3 nitrogen and oxygen atoms in total. The van der Waals surface area contributed by atoms with Gasteiger partial charge in [-0.15, -0.1) is 0 Å². The van der Waals surface area contributed by atoms with Gasteiger partial charge in [0.25, 0.3) is 0 Å². The number of benzene rings is 1. The summed E-state index contributed by atoms with van der Waals surface area (Å²) >= 11 is 4.19. The Morgan fingerprint density at radius 1 is 1.15 bits per heavy atom. The van der Waals surface area contributed by atoms with Crippen molar-refractivity contribution in [1.29, 1.82) is 0 Å². The Bertz CT molecular complexity index is 550. The summed E-state index contributed by atoms with van der Waals surface area (Å²) < 4.78 is 0. The highest BCUT2D eigenvalue weighted by Crippen LogP contribution is 2.36. The number of rotatable bonds is 8. The first-order valence-electron chi connectivity index (χ1n) is 10.4. The Labute approximate surface area is 164 Å². The summed E-state index contributed by atoms with van der Waals surface area (Å²) in [4.78, 5) is 14.8. The van der Waals surface area contributed by atoms with E-state index in [1.54, 1.807) is 0 Å². The minimum absolute atomic E-state index is 0.131. The van der Waals surface area contributed by atoms with Crippen LogP contribution in [0, 0.1) is 11.8 Å². The van der Waals surface area contributed by atoms with Crippen LogP contribution < -0.4 is 5.32 Å². The number of hydrogen-bond donors (Lipinski definition) is 2. The van der Waals surface area contributed by atoms with Gasteiger partial charge in [-0.1, -0.05) is 49.6 Å². The minimum Gasteiger partial charge on any atom is -0.353 e. The molecule has 1 aliphatic carbocycles. The molecule has 0 unspecified atom stereocenters. The van der Waals surface area contributed by atoms with Crippen LogP contribution in [-0.4, -0.2) is 42.2 Å². The average molecular weight is 375 g/mol. The van der Waals surface area contributed by atoms with Crippen molar-refractivity contribution < 1.29 is 4.79 Å². The first-order chi connectivity index (χ1) is 12.7. The maximum absolute atomic E-state index is 12.1. The maximum Gasteiger partial charge on any atom is 0.221 e. The van der Waals surface area contributed by atoms with Crippen LogP contribution in [-0.2, 0) is 11.2 Å². The number of carbonyl (C=O) groups is 1. The number of likely N-dealkylation sites (tertiary alicyclic amines) is 1. The second kappa shape index (κ2) is 10.4. The Morgan fingerprint density at radius 2 is 1.92 bits per heavy atom. The van der Waals surface area contributed by atoms with Gasteiger partial charge >= 0.3 is 0 Å². The van der Waals surface area contributed by atoms with Crippen LogP contribution in [0.1, 0.15) is 50.5 Å². The molecule has 1 aromatic carbocycles. The largest absolute Gasteiger partial charge is 0.353 e. The molecule has 3 rings (SSSR count). The molecular weight excluding hydrogens is 340 g/mol. The summed E-state index contributed by atoms with van der Waals surface area (Å²) in [7, 11) is 0. The van der Waals surface area contributed by atoms with Gasteiger partial charge in [-0.05, 0) is 55.4 Å². The van der Waals surface area contributed by atoms with E-state index in [2.05, 4.69) is 47.1 Å². The van der Waals surface area contributed by atoms with Crippen LogP contribution >= 0.6 is 12.6 Å². The quantitative estimate of drug-likeness (QED) is 0.676. The van der Waals surface area contributed by atoms with Crippen LogP contribution in [0.4, 0.5) is 0 Å². The monoisotopic (exact) mass is 374 g/mol. The third-order valence-corrected chi connectivity index (χ3v) is 6.42. The lowest BCUT2D eigenvalue weighted by molar-refractivity contribution is -0.121. The van der Waals surface area contributed by atoms with Gasteiger partial charge < -0.3 is 10.2 Å². The number of amides is 1. The van der Waals surface area contributed by atoms with Crippen LogP contribution in [0.15, 0.2) is 30.3 Å². The third kappa shape index (κ3) is 6.02. The number of nitrogens with zero attached hydrogens (tertiary/aromatic N) is 1. The summed E-state index contributed by atoms with van der Waals surface area (Å²) in [6.07, 6.45) is 9.57. The fourth-order valence-electron chi connectivity index (χ4n) is 4.74. The Balaban J connectivity index is 1.52. The fraction of sp³-hybridized carbons (Fsp3) is 0.682. The molecule has 144 valence electrons. The highest BCUT2D eigenvalue weighted by atomic mass is 32.1. The summed E-state index contributed by atoms with van der Waals surface area (Å²) in [5.74, 6) is 2.64. The predicted octanol–water partition coefficient (Wildman–Crippen LogP) is 3.94. The molecule has 1 N–H and O–H groups in total. The average Bonchev–Trinajstić information content (AvgIpc) is 2.67. The Morgan fingerprint density at radius 3 is 2.69 bits per heavy atom. The second-order valence-electron chi connectivity index (χ2n) is 8.11. The summed E-state index contributed by atoms with van der Waals surface area (Å²) in [6, 6.07) is 10.7. The van der Waals surface area contributed by atoms with E-state index in [1.165, 1.54) is 50.8 Å². The minimum atomic E-state index is 0.131. The number of fused-ring (bicyclic) bond motifs is 1. The predicted molar refractivity (Wildman–Crippen MR) is 112 cm³/mol. The SMILES string of the molecule is O=C(CCS)N[C@H](CCN1CC[C@@H]2CCCC[C@@H]2C1)Cc1ccccc1. The van der Waals surface area contributed by atoms with Crippen LogP contribution in [0.5, 0.6) is 0 Å². The lowest BCUT2D eigenvalue weighted by atomic mass is 9.75. The zero-order valence-corrected chi connectivity index (χ0v) is 16.8. The molecule has 1 heterocycles. The number of piperidine rings is 1. The molecular formula is C22H34N2OS. The number of hydrogen-bond acceptors (Lipinski definition) is 3. The van der Waals surface area contributed by atoms with Gasteiger partial charge in [0.1, 0.15) is 0 Å². The van der Waals surface area contributed by atoms with Crippen LogP contribution in [0.25, 0.3) is 0 Å². The first-order valence-corrected chi connectivity index (χ1v) is 11.0. The van der Waals surface area contributed by atoms with Crippen molar-refractivity contribution in [2.45, 2.75) is 57.4 Å². The summed E-state index contributed by atoms with van der Waals surface area (Å²) in [5, 5.41) is 3.25. The van der Waals surface area contributed by atoms with E-state index in [1.807, 2.05) is 6.07 Å². The highest BCUT2D eigenvalue weighted by molar-refractivity contribution is 7.80. The molecule has 4 heteroatoms. The van der Waals surface area contributed by atoms with Gasteiger partial charge in [0.2, 0.25) is 5.91 Å². The van der Waals surface area contributed by atoms with Crippen molar-refractivity contribution in [2.75, 3.05) is 25.4 Å².